The smallest absolute Gasteiger partial charge is 0.387 e. The molecule has 3 aromatic carbocycles. The minimum Gasteiger partial charge on any atom is -0.489 e. The van der Waals surface area contributed by atoms with Gasteiger partial charge in [0.2, 0.25) is 10.0 Å². The maximum Gasteiger partial charge on any atom is 0.387 e. The predicted molar refractivity (Wildman–Crippen MR) is 192 cm³/mol. The van der Waals surface area contributed by atoms with Gasteiger partial charge in [-0.25, -0.2) is 23.0 Å². The summed E-state index contributed by atoms with van der Waals surface area (Å²) in [7, 11) is -0.808. The van der Waals surface area contributed by atoms with E-state index in [9.17, 15) is 26.8 Å². The Hall–Kier alpha value is -4.34. The molecule has 1 unspecified atom stereocenters. The first-order valence-corrected chi connectivity index (χ1v) is 18.8. The van der Waals surface area contributed by atoms with Crippen molar-refractivity contribution in [3.8, 4) is 11.5 Å². The van der Waals surface area contributed by atoms with Crippen LogP contribution in [0.4, 0.5) is 8.78 Å². The summed E-state index contributed by atoms with van der Waals surface area (Å²) in [6.45, 7) is -2.36. The van der Waals surface area contributed by atoms with Gasteiger partial charge in [0.05, 0.1) is 17.1 Å². The third kappa shape index (κ3) is 11.3. The highest BCUT2D eigenvalue weighted by Crippen LogP contribution is 2.38. The molecule has 0 radical (unpaired) electrons. The number of pyridine rings is 1. The van der Waals surface area contributed by atoms with E-state index in [1.54, 1.807) is 44.4 Å². The first-order chi connectivity index (χ1) is 25.3. The van der Waals surface area contributed by atoms with E-state index < -0.39 is 40.7 Å². The molecule has 1 fully saturated rings. The Kier molecular flexibility index (Phi) is 13.6. The van der Waals surface area contributed by atoms with E-state index in [1.165, 1.54) is 48.8 Å². The zero-order chi connectivity index (χ0) is 38.1. The lowest BCUT2D eigenvalue weighted by Crippen LogP contribution is -2.36. The fourth-order valence-electron chi connectivity index (χ4n) is 5.13. The Bertz CT molecular complexity index is 1980. The molecule has 1 heterocycles. The summed E-state index contributed by atoms with van der Waals surface area (Å²) in [6.07, 6.45) is 3.72. The topological polar surface area (TPSA) is 135 Å². The molecule has 11 nitrogen and oxygen atoms in total. The Morgan fingerprint density at radius 1 is 0.943 bits per heavy atom. The molecule has 5 rings (SSSR count). The van der Waals surface area contributed by atoms with Crippen LogP contribution in [-0.4, -0.2) is 65.7 Å². The summed E-state index contributed by atoms with van der Waals surface area (Å²) in [4.78, 5) is 31.2. The summed E-state index contributed by atoms with van der Waals surface area (Å²) in [5.41, 5.74) is 0.979. The molecule has 0 saturated heterocycles. The summed E-state index contributed by atoms with van der Waals surface area (Å²) in [5.74, 6) is -1.60. The number of aromatic nitrogens is 1. The predicted octanol–water partition coefficient (Wildman–Crippen LogP) is 6.46. The van der Waals surface area contributed by atoms with Crippen LogP contribution in [0, 0.1) is 5.92 Å². The van der Waals surface area contributed by atoms with Crippen LogP contribution in [-0.2, 0) is 30.7 Å². The number of benzene rings is 3. The van der Waals surface area contributed by atoms with Crippen molar-refractivity contribution in [2.24, 2.45) is 5.92 Å². The van der Waals surface area contributed by atoms with Crippen molar-refractivity contribution in [3.63, 3.8) is 0 Å². The summed E-state index contributed by atoms with van der Waals surface area (Å²) in [5, 5.41) is 0.488. The number of hydrogen-bond acceptors (Lipinski definition) is 9. The number of halogens is 4. The monoisotopic (exact) mass is 792 g/mol. The number of hydrogen-bond donors (Lipinski definition) is 1. The number of ether oxygens (including phenoxy) is 4. The molecule has 0 bridgehead atoms. The zero-order valence-electron chi connectivity index (χ0n) is 28.8. The van der Waals surface area contributed by atoms with Gasteiger partial charge < -0.3 is 23.8 Å². The molecule has 1 saturated carbocycles. The number of rotatable bonds is 18. The van der Waals surface area contributed by atoms with Gasteiger partial charge in [-0.15, -0.1) is 0 Å². The van der Waals surface area contributed by atoms with E-state index in [-0.39, 0.29) is 51.6 Å². The van der Waals surface area contributed by atoms with Crippen molar-refractivity contribution in [3.05, 3.63) is 117 Å². The van der Waals surface area contributed by atoms with Crippen molar-refractivity contribution in [1.29, 1.82) is 0 Å². The number of nitrogens with zero attached hydrogens (tertiary/aromatic N) is 1. The largest absolute Gasteiger partial charge is 0.489 e. The molecule has 4 aromatic rings. The number of likely N-dealkylation sites (N-methyl/N-ethyl adjacent to an activating group) is 1. The van der Waals surface area contributed by atoms with Gasteiger partial charge in [0.1, 0.15) is 28.8 Å². The van der Waals surface area contributed by atoms with E-state index in [4.69, 9.17) is 37.4 Å². The molecule has 0 amide bonds. The first-order valence-electron chi connectivity index (χ1n) is 16.6. The molecule has 2 atom stereocenters. The lowest BCUT2D eigenvalue weighted by molar-refractivity contribution is -0.377. The van der Waals surface area contributed by atoms with Gasteiger partial charge in [-0.05, 0) is 74.3 Å². The standard InChI is InChI=1S/C37H37Cl2F2N3O8S/c1-44(2)15-16-49-36(46)34(24-7-4-3-5-8-24)43-53(47,48)27-10-6-9-26(17-27)35(45)51-32(19-28-29(38)20-42-21-30(28)39)25-13-14-31(52-37(40)41)33(18-25)50-22-23-11-12-23/h3-10,13-14,17-18,20-21,23,32,34,37,43H,11-12,15-16,19,22H2,1-2H3/p+1/t32-,34?/m0/s1. The third-order valence-electron chi connectivity index (χ3n) is 8.17. The molecule has 53 heavy (non-hydrogen) atoms. The molecular weight excluding hydrogens is 755 g/mol. The van der Waals surface area contributed by atoms with E-state index in [0.717, 1.165) is 18.9 Å². The highest BCUT2D eigenvalue weighted by Gasteiger charge is 2.30. The lowest BCUT2D eigenvalue weighted by Gasteiger charge is -2.21. The van der Waals surface area contributed by atoms with Gasteiger partial charge in [0.15, 0.2) is 23.9 Å². The number of carbonyl (C=O) groups excluding carboxylic acids is 2. The molecular formula is C37H38Cl2F2N3O8S+. The minimum absolute atomic E-state index is 0.0294. The fourth-order valence-corrected chi connectivity index (χ4v) is 6.88. The van der Waals surface area contributed by atoms with Crippen molar-refractivity contribution >= 4 is 45.2 Å². The minimum atomic E-state index is -4.42. The van der Waals surface area contributed by atoms with Crippen LogP contribution in [0.25, 0.3) is 0 Å². The average molecular weight is 794 g/mol. The first kappa shape index (κ1) is 39.9. The van der Waals surface area contributed by atoms with Crippen molar-refractivity contribution < 1.29 is 50.7 Å². The summed E-state index contributed by atoms with van der Waals surface area (Å²) in [6, 6.07) is 16.1. The number of carbonyl (C=O) groups is 2. The van der Waals surface area contributed by atoms with Crippen molar-refractivity contribution in [1.82, 2.24) is 9.62 Å². The van der Waals surface area contributed by atoms with Crippen LogP contribution >= 0.6 is 23.2 Å². The zero-order valence-corrected chi connectivity index (χ0v) is 31.1. The molecule has 1 aromatic heterocycles. The SMILES string of the molecule is CN(C)CCOC(=O)C(NS(=O)(=O)c1cccc(C(=O)O[C@@H](Cc2c(Cl)c[nH+]cc2Cl)c2ccc(OC(F)F)c(OCC3CC3)c2)c1)c1ccccc1. The molecule has 16 heteroatoms. The van der Waals surface area contributed by atoms with Crippen LogP contribution in [0.5, 0.6) is 11.5 Å². The van der Waals surface area contributed by atoms with Crippen molar-refractivity contribution in [2.75, 3.05) is 33.9 Å². The second kappa shape index (κ2) is 18.1. The molecule has 1 aliphatic carbocycles. The van der Waals surface area contributed by atoms with Gasteiger partial charge in [-0.3, -0.25) is 0 Å². The van der Waals surface area contributed by atoms with Crippen LogP contribution < -0.4 is 19.2 Å². The summed E-state index contributed by atoms with van der Waals surface area (Å²) >= 11 is 12.9. The molecule has 2 N–H and O–H groups in total. The Morgan fingerprint density at radius 3 is 2.32 bits per heavy atom. The number of nitrogens with one attached hydrogen (secondary N) is 2. The number of sulfonamides is 1. The Balaban J connectivity index is 1.43. The van der Waals surface area contributed by atoms with Crippen LogP contribution in [0.2, 0.25) is 10.0 Å². The molecule has 282 valence electrons. The summed E-state index contributed by atoms with van der Waals surface area (Å²) < 4.78 is 78.2. The quantitative estimate of drug-likeness (QED) is 0.113. The Labute approximate surface area is 316 Å². The van der Waals surface area contributed by atoms with Crippen molar-refractivity contribution in [2.45, 2.75) is 42.9 Å². The van der Waals surface area contributed by atoms with Gasteiger partial charge in [0.25, 0.3) is 0 Å². The second-order valence-electron chi connectivity index (χ2n) is 12.5. The van der Waals surface area contributed by atoms with E-state index in [0.29, 0.717) is 29.2 Å². The van der Waals surface area contributed by atoms with Gasteiger partial charge in [0, 0.05) is 18.5 Å². The van der Waals surface area contributed by atoms with Crippen LogP contribution in [0.1, 0.15) is 52.0 Å². The Morgan fingerprint density at radius 2 is 1.66 bits per heavy atom. The van der Waals surface area contributed by atoms with E-state index in [2.05, 4.69) is 14.4 Å². The normalized spacial score (nSPS) is 14.1. The maximum absolute atomic E-state index is 13.8. The molecule has 0 spiro atoms. The van der Waals surface area contributed by atoms with Crippen LogP contribution in [0.15, 0.2) is 90.1 Å². The fraction of sp³-hybridized carbons (Fsp3) is 0.324. The highest BCUT2D eigenvalue weighted by atomic mass is 35.5. The van der Waals surface area contributed by atoms with Gasteiger partial charge >= 0.3 is 18.6 Å². The number of aromatic amines is 1. The number of alkyl halides is 2. The van der Waals surface area contributed by atoms with Gasteiger partial charge in [-0.1, -0.05) is 65.7 Å². The van der Waals surface area contributed by atoms with Gasteiger partial charge in [-0.2, -0.15) is 13.5 Å². The van der Waals surface area contributed by atoms with Crippen LogP contribution in [0.3, 0.4) is 0 Å². The highest BCUT2D eigenvalue weighted by molar-refractivity contribution is 7.89. The van der Waals surface area contributed by atoms with E-state index in [1.807, 2.05) is 4.90 Å². The lowest BCUT2D eigenvalue weighted by atomic mass is 10.0. The van der Waals surface area contributed by atoms with E-state index >= 15 is 0 Å². The maximum atomic E-state index is 13.8. The third-order valence-corrected chi connectivity index (χ3v) is 10.3. The molecule has 1 aliphatic rings. The average Bonchev–Trinajstić information content (AvgIpc) is 3.96. The second-order valence-corrected chi connectivity index (χ2v) is 15.1. The molecule has 0 aliphatic heterocycles. The number of H-pyrrole nitrogens is 1. The number of esters is 2.